The highest BCUT2D eigenvalue weighted by Gasteiger charge is 2.39. The Morgan fingerprint density at radius 3 is 2.57 bits per heavy atom. The van der Waals surface area contributed by atoms with Crippen LogP contribution in [0.2, 0.25) is 0 Å². The van der Waals surface area contributed by atoms with Crippen LogP contribution in [0.1, 0.15) is 16.1 Å². The van der Waals surface area contributed by atoms with Gasteiger partial charge < -0.3 is 4.74 Å². The molecule has 4 nitrogen and oxygen atoms in total. The van der Waals surface area contributed by atoms with Crippen molar-refractivity contribution in [3.05, 3.63) is 17.5 Å². The number of hydrogen-bond donors (Lipinski definition) is 0. The number of aromatic nitrogens is 2. The first kappa shape index (κ1) is 10.6. The van der Waals surface area contributed by atoms with Crippen LogP contribution in [0.5, 0.6) is 0 Å². The number of aryl methyl sites for hydroxylation is 1. The molecule has 0 aromatic carbocycles. The van der Waals surface area contributed by atoms with Gasteiger partial charge in [0.05, 0.1) is 13.3 Å². The van der Waals surface area contributed by atoms with E-state index in [9.17, 15) is 18.0 Å². The summed E-state index contributed by atoms with van der Waals surface area (Å²) in [4.78, 5) is 10.9. The van der Waals surface area contributed by atoms with E-state index in [1.165, 1.54) is 0 Å². The molecular weight excluding hydrogens is 201 g/mol. The van der Waals surface area contributed by atoms with Crippen molar-refractivity contribution in [3.63, 3.8) is 0 Å². The van der Waals surface area contributed by atoms with Crippen molar-refractivity contribution in [3.8, 4) is 0 Å². The van der Waals surface area contributed by atoms with Crippen molar-refractivity contribution < 1.29 is 22.7 Å². The number of alkyl halides is 3. The molecule has 1 rings (SSSR count). The molecule has 0 aliphatic rings. The normalized spacial score (nSPS) is 11.5. The molecule has 7 heteroatoms. The van der Waals surface area contributed by atoms with Gasteiger partial charge in [0.25, 0.3) is 0 Å². The van der Waals surface area contributed by atoms with Crippen LogP contribution in [0.25, 0.3) is 0 Å². The molecule has 0 atom stereocenters. The summed E-state index contributed by atoms with van der Waals surface area (Å²) in [5.41, 5.74) is -1.69. The van der Waals surface area contributed by atoms with Gasteiger partial charge in [-0.15, -0.1) is 0 Å². The largest absolute Gasteiger partial charge is 0.465 e. The van der Waals surface area contributed by atoms with Crippen LogP contribution in [0.15, 0.2) is 6.20 Å². The van der Waals surface area contributed by atoms with E-state index in [2.05, 4.69) is 9.84 Å². The van der Waals surface area contributed by atoms with Gasteiger partial charge in [0.15, 0.2) is 5.69 Å². The third-order valence-corrected chi connectivity index (χ3v) is 1.61. The van der Waals surface area contributed by atoms with Gasteiger partial charge in [0.1, 0.15) is 5.56 Å². The Labute approximate surface area is 77.3 Å². The Bertz CT molecular complexity index is 356. The van der Waals surface area contributed by atoms with E-state index in [4.69, 9.17) is 0 Å². The summed E-state index contributed by atoms with van der Waals surface area (Å²) >= 11 is 0. The number of ether oxygens (including phenoxy) is 1. The van der Waals surface area contributed by atoms with Gasteiger partial charge in [-0.2, -0.15) is 18.3 Å². The van der Waals surface area contributed by atoms with Gasteiger partial charge in [0.2, 0.25) is 0 Å². The standard InChI is InChI=1S/C7H7F3N2O2/c1-12-5(7(8,9)10)4(3-11-12)6(13)14-2/h3H,1-2H3. The zero-order valence-corrected chi connectivity index (χ0v) is 7.42. The van der Waals surface area contributed by atoms with Crippen LogP contribution in [-0.2, 0) is 18.0 Å². The first-order valence-corrected chi connectivity index (χ1v) is 3.55. The SMILES string of the molecule is COC(=O)c1cnn(C)c1C(F)(F)F. The number of methoxy groups -OCH3 is 1. The summed E-state index contributed by atoms with van der Waals surface area (Å²) in [6.45, 7) is 0. The van der Waals surface area contributed by atoms with E-state index >= 15 is 0 Å². The summed E-state index contributed by atoms with van der Waals surface area (Å²) < 4.78 is 41.9. The van der Waals surface area contributed by atoms with Crippen molar-refractivity contribution in [2.24, 2.45) is 7.05 Å². The minimum atomic E-state index is -4.62. The predicted octanol–water partition coefficient (Wildman–Crippen LogP) is 1.23. The van der Waals surface area contributed by atoms with Crippen LogP contribution < -0.4 is 0 Å². The van der Waals surface area contributed by atoms with Gasteiger partial charge in [-0.05, 0) is 0 Å². The maximum absolute atomic E-state index is 12.4. The first-order valence-electron chi connectivity index (χ1n) is 3.55. The molecule has 0 spiro atoms. The second-order valence-electron chi connectivity index (χ2n) is 2.52. The molecule has 0 aliphatic heterocycles. The van der Waals surface area contributed by atoms with Crippen molar-refractivity contribution in [1.29, 1.82) is 0 Å². The van der Waals surface area contributed by atoms with Crippen LogP contribution in [0, 0.1) is 0 Å². The molecule has 0 saturated carbocycles. The molecule has 1 heterocycles. The number of hydrogen-bond acceptors (Lipinski definition) is 3. The Hall–Kier alpha value is -1.53. The predicted molar refractivity (Wildman–Crippen MR) is 39.5 cm³/mol. The lowest BCUT2D eigenvalue weighted by Gasteiger charge is -2.08. The molecule has 0 fully saturated rings. The Balaban J connectivity index is 3.27. The summed E-state index contributed by atoms with van der Waals surface area (Å²) in [5, 5.41) is 3.35. The quantitative estimate of drug-likeness (QED) is 0.652. The summed E-state index contributed by atoms with van der Waals surface area (Å²) in [6, 6.07) is 0. The number of carbonyl (C=O) groups excluding carboxylic acids is 1. The molecule has 0 aliphatic carbocycles. The van der Waals surface area contributed by atoms with Gasteiger partial charge in [-0.25, -0.2) is 4.79 Å². The minimum absolute atomic E-state index is 0.581. The van der Waals surface area contributed by atoms with Crippen molar-refractivity contribution in [1.82, 2.24) is 9.78 Å². The van der Waals surface area contributed by atoms with Gasteiger partial charge in [-0.1, -0.05) is 0 Å². The van der Waals surface area contributed by atoms with Crippen LogP contribution in [0.3, 0.4) is 0 Å². The van der Waals surface area contributed by atoms with Crippen molar-refractivity contribution in [2.45, 2.75) is 6.18 Å². The molecule has 0 unspecified atom stereocenters. The number of rotatable bonds is 1. The molecule has 0 radical (unpaired) electrons. The summed E-state index contributed by atoms with van der Waals surface area (Å²) in [6.07, 6.45) is -3.79. The average molecular weight is 208 g/mol. The van der Waals surface area contributed by atoms with E-state index in [0.717, 1.165) is 20.4 Å². The highest BCUT2D eigenvalue weighted by molar-refractivity contribution is 5.90. The smallest absolute Gasteiger partial charge is 0.433 e. The highest BCUT2D eigenvalue weighted by atomic mass is 19.4. The molecule has 0 amide bonds. The maximum atomic E-state index is 12.4. The summed E-state index contributed by atoms with van der Waals surface area (Å²) in [5.74, 6) is -1.05. The van der Waals surface area contributed by atoms with Gasteiger partial charge in [-0.3, -0.25) is 4.68 Å². The first-order chi connectivity index (χ1) is 6.38. The lowest BCUT2D eigenvalue weighted by Crippen LogP contribution is -2.16. The molecule has 0 saturated heterocycles. The lowest BCUT2D eigenvalue weighted by molar-refractivity contribution is -0.144. The van der Waals surface area contributed by atoms with E-state index in [-0.39, 0.29) is 0 Å². The molecule has 0 N–H and O–H groups in total. The maximum Gasteiger partial charge on any atom is 0.433 e. The lowest BCUT2D eigenvalue weighted by atomic mass is 10.2. The average Bonchev–Trinajstić information content (AvgIpc) is 2.44. The topological polar surface area (TPSA) is 44.1 Å². The molecule has 1 aromatic rings. The Morgan fingerprint density at radius 2 is 2.14 bits per heavy atom. The molecule has 0 bridgehead atoms. The number of halogens is 3. The van der Waals surface area contributed by atoms with E-state index < -0.39 is 23.4 Å². The zero-order chi connectivity index (χ0) is 10.9. The highest BCUT2D eigenvalue weighted by Crippen LogP contribution is 2.31. The van der Waals surface area contributed by atoms with E-state index in [1.807, 2.05) is 0 Å². The molecular formula is C7H7F3N2O2. The second-order valence-corrected chi connectivity index (χ2v) is 2.52. The van der Waals surface area contributed by atoms with E-state index in [1.54, 1.807) is 0 Å². The van der Waals surface area contributed by atoms with E-state index in [0.29, 0.717) is 4.68 Å². The molecule has 1 aromatic heterocycles. The zero-order valence-electron chi connectivity index (χ0n) is 7.42. The fourth-order valence-electron chi connectivity index (χ4n) is 1.03. The van der Waals surface area contributed by atoms with Gasteiger partial charge >= 0.3 is 12.1 Å². The van der Waals surface area contributed by atoms with Crippen molar-refractivity contribution in [2.75, 3.05) is 7.11 Å². The number of nitrogens with zero attached hydrogens (tertiary/aromatic N) is 2. The van der Waals surface area contributed by atoms with Crippen LogP contribution >= 0.6 is 0 Å². The Kier molecular flexibility index (Phi) is 2.50. The number of carbonyl (C=O) groups is 1. The Morgan fingerprint density at radius 1 is 1.57 bits per heavy atom. The van der Waals surface area contributed by atoms with Crippen LogP contribution in [-0.4, -0.2) is 22.9 Å². The number of esters is 1. The van der Waals surface area contributed by atoms with Crippen molar-refractivity contribution >= 4 is 5.97 Å². The summed E-state index contributed by atoms with van der Waals surface area (Å²) in [7, 11) is 2.12. The third kappa shape index (κ3) is 1.70. The van der Waals surface area contributed by atoms with Crippen LogP contribution in [0.4, 0.5) is 13.2 Å². The fraction of sp³-hybridized carbons (Fsp3) is 0.429. The molecule has 14 heavy (non-hydrogen) atoms. The minimum Gasteiger partial charge on any atom is -0.465 e. The second kappa shape index (κ2) is 3.32. The third-order valence-electron chi connectivity index (χ3n) is 1.61. The molecule has 78 valence electrons. The fourth-order valence-corrected chi connectivity index (χ4v) is 1.03. The monoisotopic (exact) mass is 208 g/mol. The van der Waals surface area contributed by atoms with Gasteiger partial charge in [0, 0.05) is 7.05 Å².